The molecule has 1 aliphatic heterocycles. The van der Waals surface area contributed by atoms with Crippen LogP contribution in [0.15, 0.2) is 29.3 Å². The van der Waals surface area contributed by atoms with Crippen LogP contribution in [0.3, 0.4) is 0 Å². The number of ether oxygens (including phenoxy) is 1. The number of aliphatic imine (C=N–C) groups is 1. The van der Waals surface area contributed by atoms with Crippen molar-refractivity contribution in [2.75, 3.05) is 26.2 Å². The molecular weight excluding hydrogens is 328 g/mol. The van der Waals surface area contributed by atoms with E-state index in [4.69, 9.17) is 9.73 Å². The predicted octanol–water partition coefficient (Wildman–Crippen LogP) is 2.40. The summed E-state index contributed by atoms with van der Waals surface area (Å²) in [6, 6.07) is 8.22. The molecule has 2 rings (SSSR count). The molecule has 1 atom stereocenters. The normalized spacial score (nSPS) is 17.5. The Hall–Kier alpha value is -2.24. The number of amides is 1. The monoisotopic (exact) mass is 360 g/mol. The summed E-state index contributed by atoms with van der Waals surface area (Å²) >= 11 is 0. The van der Waals surface area contributed by atoms with Crippen LogP contribution in [0.4, 0.5) is 0 Å². The number of para-hydroxylation sites is 1. The van der Waals surface area contributed by atoms with Gasteiger partial charge in [0.1, 0.15) is 5.75 Å². The molecule has 1 unspecified atom stereocenters. The fraction of sp³-hybridized carbons (Fsp3) is 0.600. The van der Waals surface area contributed by atoms with E-state index in [0.29, 0.717) is 13.2 Å². The van der Waals surface area contributed by atoms with E-state index in [1.807, 2.05) is 49.9 Å². The first kappa shape index (κ1) is 20.1. The highest BCUT2D eigenvalue weighted by molar-refractivity contribution is 5.81. The summed E-state index contributed by atoms with van der Waals surface area (Å²) in [5, 5.41) is 6.76. The lowest BCUT2D eigenvalue weighted by Gasteiger charge is -2.20. The van der Waals surface area contributed by atoms with Crippen molar-refractivity contribution < 1.29 is 9.53 Å². The maximum absolute atomic E-state index is 12.2. The van der Waals surface area contributed by atoms with Gasteiger partial charge >= 0.3 is 0 Å². The van der Waals surface area contributed by atoms with Gasteiger partial charge in [-0.15, -0.1) is 0 Å². The van der Waals surface area contributed by atoms with Crippen LogP contribution in [-0.2, 0) is 11.3 Å². The van der Waals surface area contributed by atoms with Crippen molar-refractivity contribution in [3.63, 3.8) is 0 Å². The molecule has 0 bridgehead atoms. The molecule has 0 radical (unpaired) electrons. The Bertz CT molecular complexity index is 616. The second kappa shape index (κ2) is 10.0. The maximum atomic E-state index is 12.2. The zero-order valence-electron chi connectivity index (χ0n) is 16.4. The van der Waals surface area contributed by atoms with Crippen molar-refractivity contribution in [2.24, 2.45) is 10.9 Å². The molecule has 0 aliphatic carbocycles. The Morgan fingerprint density at radius 1 is 1.35 bits per heavy atom. The van der Waals surface area contributed by atoms with Gasteiger partial charge in [0, 0.05) is 37.2 Å². The molecule has 0 aromatic heterocycles. The number of nitrogens with one attached hydrogen (secondary N) is 2. The second-order valence-corrected chi connectivity index (χ2v) is 6.80. The molecule has 2 N–H and O–H groups in total. The van der Waals surface area contributed by atoms with Crippen LogP contribution in [0.5, 0.6) is 5.75 Å². The average Bonchev–Trinajstić information content (AvgIpc) is 3.09. The van der Waals surface area contributed by atoms with Crippen LogP contribution >= 0.6 is 0 Å². The third-order valence-electron chi connectivity index (χ3n) is 4.36. The van der Waals surface area contributed by atoms with E-state index >= 15 is 0 Å². The molecule has 0 spiro atoms. The van der Waals surface area contributed by atoms with Gasteiger partial charge in [0.25, 0.3) is 0 Å². The minimum atomic E-state index is 0.0470. The quantitative estimate of drug-likeness (QED) is 0.579. The van der Waals surface area contributed by atoms with Gasteiger partial charge in [-0.1, -0.05) is 32.0 Å². The predicted molar refractivity (Wildman–Crippen MR) is 105 cm³/mol. The van der Waals surface area contributed by atoms with E-state index in [2.05, 4.69) is 17.6 Å². The summed E-state index contributed by atoms with van der Waals surface area (Å²) in [5.74, 6) is 1.93. The Morgan fingerprint density at radius 3 is 2.81 bits per heavy atom. The van der Waals surface area contributed by atoms with Crippen LogP contribution < -0.4 is 15.4 Å². The third-order valence-corrected chi connectivity index (χ3v) is 4.36. The lowest BCUT2D eigenvalue weighted by atomic mass is 10.2. The first-order chi connectivity index (χ1) is 12.5. The molecule has 1 amide bonds. The summed E-state index contributed by atoms with van der Waals surface area (Å²) in [7, 11) is 0. The number of nitrogens with zero attached hydrogens (tertiary/aromatic N) is 2. The number of likely N-dealkylation sites (tertiary alicyclic amines) is 1. The third kappa shape index (κ3) is 5.64. The number of hydrogen-bond donors (Lipinski definition) is 2. The Balaban J connectivity index is 1.98. The van der Waals surface area contributed by atoms with E-state index in [9.17, 15) is 4.79 Å². The molecule has 26 heavy (non-hydrogen) atoms. The van der Waals surface area contributed by atoms with Crippen LogP contribution in [0.2, 0.25) is 0 Å². The number of hydrogen-bond acceptors (Lipinski definition) is 3. The average molecular weight is 361 g/mol. The number of carbonyl (C=O) groups is 1. The molecule has 1 aromatic rings. The molecule has 144 valence electrons. The van der Waals surface area contributed by atoms with Crippen molar-refractivity contribution in [3.8, 4) is 5.75 Å². The largest absolute Gasteiger partial charge is 0.494 e. The van der Waals surface area contributed by atoms with E-state index < -0.39 is 0 Å². The van der Waals surface area contributed by atoms with Gasteiger partial charge in [0.05, 0.1) is 13.2 Å². The van der Waals surface area contributed by atoms with Crippen molar-refractivity contribution in [2.45, 2.75) is 46.7 Å². The van der Waals surface area contributed by atoms with Gasteiger partial charge in [0.15, 0.2) is 5.96 Å². The molecule has 6 heteroatoms. The van der Waals surface area contributed by atoms with E-state index in [0.717, 1.165) is 43.3 Å². The fourth-order valence-corrected chi connectivity index (χ4v) is 3.05. The summed E-state index contributed by atoms with van der Waals surface area (Å²) < 4.78 is 5.67. The van der Waals surface area contributed by atoms with Gasteiger partial charge in [-0.2, -0.15) is 0 Å². The number of carbonyl (C=O) groups excluding carboxylic acids is 1. The van der Waals surface area contributed by atoms with Crippen LogP contribution in [0.25, 0.3) is 0 Å². The highest BCUT2D eigenvalue weighted by Gasteiger charge is 2.27. The lowest BCUT2D eigenvalue weighted by molar-refractivity contribution is -0.133. The highest BCUT2D eigenvalue weighted by Crippen LogP contribution is 2.19. The molecule has 0 saturated carbocycles. The minimum Gasteiger partial charge on any atom is -0.494 e. The molecule has 1 fully saturated rings. The second-order valence-electron chi connectivity index (χ2n) is 6.80. The van der Waals surface area contributed by atoms with Crippen molar-refractivity contribution in [1.29, 1.82) is 0 Å². The van der Waals surface area contributed by atoms with E-state index in [1.165, 1.54) is 0 Å². The van der Waals surface area contributed by atoms with Crippen LogP contribution in [-0.4, -0.2) is 49.0 Å². The van der Waals surface area contributed by atoms with Crippen molar-refractivity contribution >= 4 is 11.9 Å². The van der Waals surface area contributed by atoms with Crippen LogP contribution in [0.1, 0.15) is 39.7 Å². The van der Waals surface area contributed by atoms with E-state index in [1.54, 1.807) is 0 Å². The van der Waals surface area contributed by atoms with Gasteiger partial charge < -0.3 is 20.3 Å². The fourth-order valence-electron chi connectivity index (χ4n) is 3.05. The SMILES string of the molecule is CCNC(=NCc1ccccc1OCC)NC1CCN(C(=O)C(C)C)C1. The zero-order chi connectivity index (χ0) is 18.9. The Labute approximate surface area is 157 Å². The summed E-state index contributed by atoms with van der Waals surface area (Å²) in [6.45, 7) is 11.5. The van der Waals surface area contributed by atoms with Gasteiger partial charge in [-0.3, -0.25) is 4.79 Å². The summed E-state index contributed by atoms with van der Waals surface area (Å²) in [5.41, 5.74) is 1.06. The molecule has 1 heterocycles. The van der Waals surface area contributed by atoms with Crippen molar-refractivity contribution in [3.05, 3.63) is 29.8 Å². The maximum Gasteiger partial charge on any atom is 0.225 e. The van der Waals surface area contributed by atoms with Gasteiger partial charge in [-0.25, -0.2) is 4.99 Å². The smallest absolute Gasteiger partial charge is 0.225 e. The standard InChI is InChI=1S/C20H32N4O2/c1-5-21-20(22-13-16-9-7-8-10-18(16)26-6-2)23-17-11-12-24(14-17)19(25)15(3)4/h7-10,15,17H,5-6,11-14H2,1-4H3,(H2,21,22,23). The number of benzene rings is 1. The highest BCUT2D eigenvalue weighted by atomic mass is 16.5. The topological polar surface area (TPSA) is 66.0 Å². The summed E-state index contributed by atoms with van der Waals surface area (Å²) in [4.78, 5) is 18.8. The number of rotatable bonds is 7. The van der Waals surface area contributed by atoms with Gasteiger partial charge in [0.2, 0.25) is 5.91 Å². The van der Waals surface area contributed by atoms with E-state index in [-0.39, 0.29) is 17.9 Å². The Morgan fingerprint density at radius 2 is 2.12 bits per heavy atom. The first-order valence-corrected chi connectivity index (χ1v) is 9.59. The molecular formula is C20H32N4O2. The minimum absolute atomic E-state index is 0.0470. The summed E-state index contributed by atoms with van der Waals surface area (Å²) in [6.07, 6.45) is 0.943. The van der Waals surface area contributed by atoms with Crippen LogP contribution in [0, 0.1) is 5.92 Å². The Kier molecular flexibility index (Phi) is 7.75. The molecule has 1 aliphatic rings. The molecule has 1 aromatic carbocycles. The molecule has 1 saturated heterocycles. The van der Waals surface area contributed by atoms with Gasteiger partial charge in [-0.05, 0) is 26.3 Å². The zero-order valence-corrected chi connectivity index (χ0v) is 16.4. The van der Waals surface area contributed by atoms with Crippen molar-refractivity contribution in [1.82, 2.24) is 15.5 Å². The first-order valence-electron chi connectivity index (χ1n) is 9.59. The molecule has 6 nitrogen and oxygen atoms in total. The number of guanidine groups is 1. The lowest BCUT2D eigenvalue weighted by Crippen LogP contribution is -2.45.